The van der Waals surface area contributed by atoms with Crippen LogP contribution in [0.25, 0.3) is 0 Å². The number of benzene rings is 1. The van der Waals surface area contributed by atoms with Crippen LogP contribution < -0.4 is 10.2 Å². The number of aromatic nitrogens is 1. The molecular formula is C22H24FN5O3S. The summed E-state index contributed by atoms with van der Waals surface area (Å²) >= 11 is 1.70. The molecule has 3 amide bonds. The number of halogens is 1. The molecule has 1 aromatic carbocycles. The summed E-state index contributed by atoms with van der Waals surface area (Å²) in [5.74, 6) is -1.57. The normalized spacial score (nSPS) is 21.8. The fraction of sp³-hybridized carbons (Fsp3) is 0.455. The van der Waals surface area contributed by atoms with Crippen molar-refractivity contribution in [2.75, 3.05) is 31.1 Å². The maximum absolute atomic E-state index is 15.0. The van der Waals surface area contributed by atoms with Crippen LogP contribution in [0.4, 0.5) is 10.1 Å². The molecule has 4 heterocycles. The Bertz CT molecular complexity index is 1100. The number of aryl methyl sites for hydroxylation is 1. The quantitative estimate of drug-likeness (QED) is 0.703. The molecule has 1 N–H and O–H groups in total. The van der Waals surface area contributed by atoms with Crippen molar-refractivity contribution in [2.45, 2.75) is 38.9 Å². The lowest BCUT2D eigenvalue weighted by Crippen LogP contribution is -2.52. The number of nitrogens with one attached hydrogen (secondary N) is 1. The third-order valence-electron chi connectivity index (χ3n) is 6.33. The van der Waals surface area contributed by atoms with E-state index in [4.69, 9.17) is 0 Å². The van der Waals surface area contributed by atoms with Crippen molar-refractivity contribution in [1.82, 2.24) is 20.1 Å². The number of hydrogen-bond donors (Lipinski definition) is 1. The molecule has 2 fully saturated rings. The first-order chi connectivity index (χ1) is 15.4. The van der Waals surface area contributed by atoms with Crippen molar-refractivity contribution in [3.63, 3.8) is 0 Å². The molecule has 1 unspecified atom stereocenters. The maximum Gasteiger partial charge on any atom is 0.255 e. The predicted molar refractivity (Wildman–Crippen MR) is 117 cm³/mol. The number of fused-ring (bicyclic) bond motifs is 1. The molecule has 2 saturated heterocycles. The average molecular weight is 458 g/mol. The van der Waals surface area contributed by atoms with E-state index in [2.05, 4.69) is 15.2 Å². The van der Waals surface area contributed by atoms with E-state index in [9.17, 15) is 18.8 Å². The second-order valence-corrected chi connectivity index (χ2v) is 9.81. The summed E-state index contributed by atoms with van der Waals surface area (Å²) in [5, 5.41) is 3.38. The van der Waals surface area contributed by atoms with Gasteiger partial charge >= 0.3 is 0 Å². The molecule has 3 aliphatic heterocycles. The molecule has 8 nitrogen and oxygen atoms in total. The third kappa shape index (κ3) is 3.88. The van der Waals surface area contributed by atoms with Gasteiger partial charge in [-0.05, 0) is 31.0 Å². The number of rotatable bonds is 4. The number of nitrogens with zero attached hydrogens (tertiary/aromatic N) is 4. The number of hydrogen-bond acceptors (Lipinski definition) is 7. The minimum atomic E-state index is -0.697. The van der Waals surface area contributed by atoms with Crippen LogP contribution in [-0.4, -0.2) is 64.7 Å². The molecule has 5 rings (SSSR count). The Morgan fingerprint density at radius 1 is 1.19 bits per heavy atom. The van der Waals surface area contributed by atoms with Gasteiger partial charge in [-0.25, -0.2) is 9.37 Å². The molecule has 168 valence electrons. The van der Waals surface area contributed by atoms with E-state index in [1.54, 1.807) is 17.4 Å². The van der Waals surface area contributed by atoms with Crippen LogP contribution in [0.1, 0.15) is 38.6 Å². The van der Waals surface area contributed by atoms with E-state index < -0.39 is 17.8 Å². The van der Waals surface area contributed by atoms with E-state index in [-0.39, 0.29) is 24.8 Å². The minimum Gasteiger partial charge on any atom is -0.367 e. The largest absolute Gasteiger partial charge is 0.367 e. The zero-order valence-corrected chi connectivity index (χ0v) is 18.6. The van der Waals surface area contributed by atoms with Crippen molar-refractivity contribution in [1.29, 1.82) is 0 Å². The van der Waals surface area contributed by atoms with Gasteiger partial charge in [0.05, 0.1) is 12.2 Å². The number of carbonyl (C=O) groups is 3. The highest BCUT2D eigenvalue weighted by atomic mass is 32.1. The second kappa shape index (κ2) is 8.25. The first-order valence-corrected chi connectivity index (χ1v) is 11.6. The average Bonchev–Trinajstić information content (AvgIpc) is 3.31. The van der Waals surface area contributed by atoms with Gasteiger partial charge in [-0.15, -0.1) is 11.3 Å². The highest BCUT2D eigenvalue weighted by Gasteiger charge is 2.39. The topological polar surface area (TPSA) is 85.8 Å². The molecule has 3 aliphatic rings. The Kier molecular flexibility index (Phi) is 5.42. The van der Waals surface area contributed by atoms with Crippen LogP contribution in [0, 0.1) is 12.7 Å². The Morgan fingerprint density at radius 3 is 2.66 bits per heavy atom. The zero-order valence-electron chi connectivity index (χ0n) is 17.8. The van der Waals surface area contributed by atoms with Crippen molar-refractivity contribution in [3.8, 4) is 0 Å². The van der Waals surface area contributed by atoms with Gasteiger partial charge < -0.3 is 9.80 Å². The summed E-state index contributed by atoms with van der Waals surface area (Å²) in [6.07, 6.45) is 2.37. The number of piperazine rings is 1. The Morgan fingerprint density at radius 2 is 1.97 bits per heavy atom. The number of thiazole rings is 1. The van der Waals surface area contributed by atoms with Crippen LogP contribution in [-0.2, 0) is 22.7 Å². The molecule has 1 aromatic heterocycles. The first-order valence-electron chi connectivity index (χ1n) is 10.7. The first kappa shape index (κ1) is 21.0. The summed E-state index contributed by atoms with van der Waals surface area (Å²) in [5.41, 5.74) is 1.51. The predicted octanol–water partition coefficient (Wildman–Crippen LogP) is 1.67. The molecular weight excluding hydrogens is 433 g/mol. The Labute approximate surface area is 189 Å². The van der Waals surface area contributed by atoms with Crippen LogP contribution >= 0.6 is 11.3 Å². The van der Waals surface area contributed by atoms with E-state index >= 15 is 0 Å². The molecule has 0 radical (unpaired) electrons. The van der Waals surface area contributed by atoms with E-state index in [1.165, 1.54) is 15.8 Å². The lowest BCUT2D eigenvalue weighted by atomic mass is 10.0. The van der Waals surface area contributed by atoms with Crippen molar-refractivity contribution in [3.05, 3.63) is 45.2 Å². The van der Waals surface area contributed by atoms with Crippen molar-refractivity contribution < 1.29 is 18.8 Å². The van der Waals surface area contributed by atoms with Crippen LogP contribution in [0.2, 0.25) is 0 Å². The summed E-state index contributed by atoms with van der Waals surface area (Å²) in [6.45, 7) is 6.07. The molecule has 0 bridgehead atoms. The summed E-state index contributed by atoms with van der Waals surface area (Å²) in [7, 11) is 0. The minimum absolute atomic E-state index is 0.195. The van der Waals surface area contributed by atoms with Crippen molar-refractivity contribution >= 4 is 34.7 Å². The number of carbonyl (C=O) groups excluding carboxylic acids is 3. The van der Waals surface area contributed by atoms with Crippen LogP contribution in [0.3, 0.4) is 0 Å². The fourth-order valence-corrected chi connectivity index (χ4v) is 5.46. The Balaban J connectivity index is 1.27. The fourth-order valence-electron chi connectivity index (χ4n) is 4.63. The van der Waals surface area contributed by atoms with Gasteiger partial charge in [-0.2, -0.15) is 0 Å². The standard InChI is InChI=1S/C22H24FN5O3S/c1-13-10-24-20(32-13)12-26-4-6-27(7-5-26)18-8-14-11-28(22(31)15(14)9-16(18)23)17-2-3-19(29)25-21(17)30/h8-10,17H,2-7,11-12H2,1H3,(H,25,29,30). The smallest absolute Gasteiger partial charge is 0.255 e. The van der Waals surface area contributed by atoms with Gasteiger partial charge in [0.2, 0.25) is 11.8 Å². The van der Waals surface area contributed by atoms with E-state index in [0.717, 1.165) is 30.2 Å². The summed E-state index contributed by atoms with van der Waals surface area (Å²) < 4.78 is 15.0. The van der Waals surface area contributed by atoms with Crippen molar-refractivity contribution in [2.24, 2.45) is 0 Å². The molecule has 32 heavy (non-hydrogen) atoms. The second-order valence-electron chi connectivity index (χ2n) is 8.49. The number of piperidine rings is 1. The molecule has 2 aromatic rings. The lowest BCUT2D eigenvalue weighted by molar-refractivity contribution is -0.136. The lowest BCUT2D eigenvalue weighted by Gasteiger charge is -2.36. The summed E-state index contributed by atoms with van der Waals surface area (Å²) in [6, 6.07) is 2.34. The third-order valence-corrected chi connectivity index (χ3v) is 7.23. The highest BCUT2D eigenvalue weighted by molar-refractivity contribution is 7.11. The summed E-state index contributed by atoms with van der Waals surface area (Å²) in [4.78, 5) is 47.9. The van der Waals surface area contributed by atoms with Gasteiger partial charge in [-0.1, -0.05) is 0 Å². The van der Waals surface area contributed by atoms with E-state index in [0.29, 0.717) is 30.8 Å². The van der Waals surface area contributed by atoms with Gasteiger partial charge in [0.15, 0.2) is 0 Å². The number of imide groups is 1. The maximum atomic E-state index is 15.0. The number of amides is 3. The molecule has 0 aliphatic carbocycles. The van der Waals surface area contributed by atoms with Crippen LogP contribution in [0.5, 0.6) is 0 Å². The van der Waals surface area contributed by atoms with Crippen LogP contribution in [0.15, 0.2) is 18.3 Å². The van der Waals surface area contributed by atoms with Gasteiger partial charge in [-0.3, -0.25) is 24.6 Å². The SMILES string of the molecule is Cc1cnc(CN2CCN(c3cc4c(cc3F)C(=O)N(C3CCC(=O)NC3=O)C4)CC2)s1. The van der Waals surface area contributed by atoms with Gasteiger partial charge in [0, 0.05) is 55.8 Å². The molecule has 1 atom stereocenters. The monoisotopic (exact) mass is 457 g/mol. The van der Waals surface area contributed by atoms with Gasteiger partial charge in [0.25, 0.3) is 5.91 Å². The molecule has 0 spiro atoms. The molecule has 0 saturated carbocycles. The van der Waals surface area contributed by atoms with E-state index in [1.807, 2.05) is 18.0 Å². The number of anilines is 1. The highest BCUT2D eigenvalue weighted by Crippen LogP contribution is 2.33. The van der Waals surface area contributed by atoms with Gasteiger partial charge in [0.1, 0.15) is 16.9 Å². The Hall–Kier alpha value is -2.85. The molecule has 10 heteroatoms. The zero-order chi connectivity index (χ0) is 22.4.